The number of hydrogen-bond acceptors (Lipinski definition) is 9. The summed E-state index contributed by atoms with van der Waals surface area (Å²) < 4.78 is 48.9. The lowest BCUT2D eigenvalue weighted by Crippen LogP contribution is -2.63. The molecule has 2 aromatic rings. The van der Waals surface area contributed by atoms with Crippen molar-refractivity contribution in [2.24, 2.45) is 17.3 Å². The molecule has 1 saturated heterocycles. The minimum Gasteiger partial charge on any atom is -0.490 e. The Balaban J connectivity index is 1.29. The zero-order chi connectivity index (χ0) is 40.1. The summed E-state index contributed by atoms with van der Waals surface area (Å²) in [6, 6.07) is 11.7. The first-order valence-electron chi connectivity index (χ1n) is 20.6. The number of halogens is 1. The molecule has 3 heterocycles. The number of carbonyl (C=O) groups excluding carboxylic acids is 1. The van der Waals surface area contributed by atoms with Gasteiger partial charge in [0.2, 0.25) is 10.0 Å². The van der Waals surface area contributed by atoms with Crippen LogP contribution in [0.2, 0.25) is 5.02 Å². The van der Waals surface area contributed by atoms with Gasteiger partial charge in [0.1, 0.15) is 11.4 Å². The monoisotopic (exact) mass is 810 g/mol. The van der Waals surface area contributed by atoms with Gasteiger partial charge in [0.15, 0.2) is 0 Å². The summed E-state index contributed by atoms with van der Waals surface area (Å²) in [5, 5.41) is -0.0503. The minimum absolute atomic E-state index is 0.0453. The Labute approximate surface area is 340 Å². The lowest BCUT2D eigenvalue weighted by Gasteiger charge is -2.58. The average Bonchev–Trinajstić information content (AvgIpc) is 3.30. The molecule has 3 aliphatic heterocycles. The van der Waals surface area contributed by atoms with Gasteiger partial charge >= 0.3 is 0 Å². The van der Waals surface area contributed by atoms with Crippen molar-refractivity contribution in [3.05, 3.63) is 70.3 Å². The van der Waals surface area contributed by atoms with E-state index in [9.17, 15) is 13.2 Å². The van der Waals surface area contributed by atoms with E-state index >= 15 is 0 Å². The number of carbonyl (C=O) groups is 1. The summed E-state index contributed by atoms with van der Waals surface area (Å²) in [6.45, 7) is 17.6. The van der Waals surface area contributed by atoms with Crippen molar-refractivity contribution in [2.75, 3.05) is 78.1 Å². The van der Waals surface area contributed by atoms with Gasteiger partial charge in [-0.2, -0.15) is 0 Å². The second-order valence-corrected chi connectivity index (χ2v) is 20.9. The number of amides is 1. The molecule has 1 spiro atoms. The Morgan fingerprint density at radius 2 is 1.80 bits per heavy atom. The van der Waals surface area contributed by atoms with E-state index in [0.29, 0.717) is 37.5 Å². The van der Waals surface area contributed by atoms with Crippen molar-refractivity contribution in [1.82, 2.24) is 14.5 Å². The first-order valence-corrected chi connectivity index (χ1v) is 22.5. The van der Waals surface area contributed by atoms with Crippen LogP contribution in [0.5, 0.6) is 5.75 Å². The van der Waals surface area contributed by atoms with Crippen LogP contribution in [0.1, 0.15) is 88.2 Å². The zero-order valence-electron chi connectivity index (χ0n) is 34.5. The summed E-state index contributed by atoms with van der Waals surface area (Å²) in [7, 11) is -0.353. The smallest absolute Gasteiger partial charge is 0.264 e. The molecule has 1 unspecified atom stereocenters. The molecule has 0 aromatic heterocycles. The lowest BCUT2D eigenvalue weighted by atomic mass is 9.54. The minimum atomic E-state index is -3.98. The Kier molecular flexibility index (Phi) is 11.7. The maximum Gasteiger partial charge on any atom is 0.264 e. The van der Waals surface area contributed by atoms with Gasteiger partial charge in [0, 0.05) is 81.6 Å². The van der Waals surface area contributed by atoms with Crippen LogP contribution in [-0.2, 0) is 31.3 Å². The predicted octanol–water partition coefficient (Wildman–Crippen LogP) is 6.70. The maximum atomic E-state index is 13.7. The van der Waals surface area contributed by atoms with Crippen LogP contribution in [0, 0.1) is 17.3 Å². The fraction of sp³-hybridized carbons (Fsp3) is 0.659. The number of rotatable bonds is 6. The summed E-state index contributed by atoms with van der Waals surface area (Å²) in [5.41, 5.74) is 2.59. The first-order chi connectivity index (χ1) is 26.5. The Bertz CT molecular complexity index is 1920. The van der Waals surface area contributed by atoms with Crippen LogP contribution in [0.3, 0.4) is 0 Å². The van der Waals surface area contributed by atoms with Crippen LogP contribution < -0.4 is 14.4 Å². The van der Waals surface area contributed by atoms with E-state index in [1.165, 1.54) is 11.1 Å². The summed E-state index contributed by atoms with van der Waals surface area (Å²) in [6.07, 6.45) is 9.96. The number of benzene rings is 2. The standard InChI is InChI=1S/C44H63ClN4O6S/c1-31-10-8-18-44(54-7,28-47-20-22-49(23-21-47)41(3,4)29-53-6)39-16-19-42(39,5)26-48-27-43(17-9-11-33-24-35(45)13-14-36(33)43)30-55-38-15-12-34(25-37(38)48)40(50)46-56(51,52)32(31)2/h8,12-15,18,24-25,31-32,39H,9-11,16-17,19-23,26-30H2,1-7H3,(H,46,50)/b18-8+/t31-,32+,39+,42?,43-,44+/m0/s1. The van der Waals surface area contributed by atoms with Crippen LogP contribution in [0.15, 0.2) is 48.6 Å². The molecule has 2 aromatic carbocycles. The largest absolute Gasteiger partial charge is 0.490 e. The third kappa shape index (κ3) is 7.90. The number of sulfonamides is 1. The first kappa shape index (κ1) is 41.5. The topological polar surface area (TPSA) is 101 Å². The average molecular weight is 812 g/mol. The fourth-order valence-corrected chi connectivity index (χ4v) is 12.1. The Morgan fingerprint density at radius 1 is 1.04 bits per heavy atom. The van der Waals surface area contributed by atoms with Gasteiger partial charge in [0.25, 0.3) is 5.91 Å². The van der Waals surface area contributed by atoms with E-state index in [4.69, 9.17) is 25.8 Å². The molecule has 56 heavy (non-hydrogen) atoms. The molecular formula is C44H63ClN4O6S. The molecular weight excluding hydrogens is 748 g/mol. The van der Waals surface area contributed by atoms with E-state index in [1.54, 1.807) is 20.1 Å². The second-order valence-electron chi connectivity index (χ2n) is 18.5. The van der Waals surface area contributed by atoms with E-state index in [2.05, 4.69) is 64.5 Å². The number of piperazine rings is 1. The number of nitrogens with zero attached hydrogens (tertiary/aromatic N) is 3. The number of anilines is 1. The molecule has 2 fully saturated rings. The van der Waals surface area contributed by atoms with Crippen molar-refractivity contribution in [3.63, 3.8) is 0 Å². The zero-order valence-corrected chi connectivity index (χ0v) is 36.1. The van der Waals surface area contributed by atoms with E-state index in [-0.39, 0.29) is 28.2 Å². The molecule has 5 aliphatic rings. The van der Waals surface area contributed by atoms with E-state index < -0.39 is 26.8 Å². The maximum absolute atomic E-state index is 13.7. The number of methoxy groups -OCH3 is 2. The summed E-state index contributed by atoms with van der Waals surface area (Å²) >= 11 is 6.53. The molecule has 10 nitrogen and oxygen atoms in total. The molecule has 12 heteroatoms. The van der Waals surface area contributed by atoms with Crippen molar-refractivity contribution in [3.8, 4) is 5.75 Å². The molecule has 1 saturated carbocycles. The molecule has 0 radical (unpaired) electrons. The van der Waals surface area contributed by atoms with Crippen LogP contribution in [0.25, 0.3) is 0 Å². The van der Waals surface area contributed by atoms with Crippen molar-refractivity contribution in [2.45, 2.75) is 94.9 Å². The number of hydrogen-bond donors (Lipinski definition) is 1. The third-order valence-corrected chi connectivity index (χ3v) is 16.4. The summed E-state index contributed by atoms with van der Waals surface area (Å²) in [4.78, 5) is 21.3. The Hall–Kier alpha value is -2.67. The second kappa shape index (κ2) is 15.8. The number of nitrogens with one attached hydrogen (secondary N) is 1. The van der Waals surface area contributed by atoms with E-state index in [0.717, 1.165) is 82.1 Å². The molecule has 6 atom stereocenters. The number of ether oxygens (including phenoxy) is 3. The predicted molar refractivity (Wildman–Crippen MR) is 224 cm³/mol. The van der Waals surface area contributed by atoms with Crippen molar-refractivity contribution >= 4 is 33.2 Å². The van der Waals surface area contributed by atoms with Gasteiger partial charge in [-0.1, -0.05) is 43.7 Å². The number of aryl methyl sites for hydroxylation is 1. The highest BCUT2D eigenvalue weighted by Gasteiger charge is 2.56. The molecule has 308 valence electrons. The quantitative estimate of drug-likeness (QED) is 0.320. The number of allylic oxidation sites excluding steroid dienone is 1. The summed E-state index contributed by atoms with van der Waals surface area (Å²) in [5.74, 6) is 0.0369. The normalized spacial score (nSPS) is 33.3. The van der Waals surface area contributed by atoms with Crippen molar-refractivity contribution < 1.29 is 27.4 Å². The van der Waals surface area contributed by atoms with Gasteiger partial charge in [-0.3, -0.25) is 14.6 Å². The van der Waals surface area contributed by atoms with Crippen LogP contribution in [-0.4, -0.2) is 114 Å². The van der Waals surface area contributed by atoms with E-state index in [1.807, 2.05) is 32.2 Å². The van der Waals surface area contributed by atoms with Gasteiger partial charge in [0.05, 0.1) is 24.2 Å². The highest BCUT2D eigenvalue weighted by atomic mass is 35.5. The number of fused-ring (bicyclic) bond motifs is 4. The lowest BCUT2D eigenvalue weighted by molar-refractivity contribution is -0.131. The highest BCUT2D eigenvalue weighted by molar-refractivity contribution is 7.90. The SMILES string of the molecule is COCC(C)(C)N1CCN(C[C@]2(OC)/C=C/C[C@H](C)[C@@H](C)S(=O)(=O)NC(=O)c3ccc4c(c3)N(CC3(C)CC[C@H]32)C[C@@]2(CCCc3cc(Cl)ccc32)CO4)CC1. The highest BCUT2D eigenvalue weighted by Crippen LogP contribution is 2.56. The van der Waals surface area contributed by atoms with Crippen molar-refractivity contribution in [1.29, 1.82) is 0 Å². The Morgan fingerprint density at radius 3 is 2.50 bits per heavy atom. The molecule has 2 aliphatic carbocycles. The van der Waals surface area contributed by atoms with Gasteiger partial charge in [-0.15, -0.1) is 0 Å². The fourth-order valence-electron chi connectivity index (χ4n) is 10.6. The van der Waals surface area contributed by atoms with Gasteiger partial charge < -0.3 is 19.1 Å². The molecule has 1 N–H and O–H groups in total. The molecule has 7 rings (SSSR count). The third-order valence-electron chi connectivity index (χ3n) is 14.3. The van der Waals surface area contributed by atoms with Gasteiger partial charge in [-0.05, 0) is 118 Å². The van der Waals surface area contributed by atoms with Crippen LogP contribution in [0.4, 0.5) is 5.69 Å². The van der Waals surface area contributed by atoms with Gasteiger partial charge in [-0.25, -0.2) is 13.1 Å². The molecule has 1 amide bonds. The van der Waals surface area contributed by atoms with Crippen LogP contribution >= 0.6 is 11.6 Å². The molecule has 2 bridgehead atoms.